The maximum atomic E-state index is 12.6. The summed E-state index contributed by atoms with van der Waals surface area (Å²) >= 11 is 0. The van der Waals surface area contributed by atoms with E-state index in [0.717, 1.165) is 27.8 Å². The largest absolute Gasteiger partial charge is 0.481 e. The second-order valence-corrected chi connectivity index (χ2v) is 8.76. The Morgan fingerprint density at radius 1 is 0.971 bits per heavy atom. The molecule has 35 heavy (non-hydrogen) atoms. The van der Waals surface area contributed by atoms with Gasteiger partial charge in [0.15, 0.2) is 0 Å². The van der Waals surface area contributed by atoms with Crippen LogP contribution in [0, 0.1) is 12.8 Å². The molecule has 3 aromatic carbocycles. The fourth-order valence-corrected chi connectivity index (χ4v) is 4.27. The number of carboxylic acids is 1. The number of aryl methyl sites for hydroxylation is 1. The summed E-state index contributed by atoms with van der Waals surface area (Å²) < 4.78 is 5.61. The molecule has 0 aromatic heterocycles. The van der Waals surface area contributed by atoms with E-state index < -0.39 is 18.0 Å². The molecule has 0 saturated carbocycles. The molecule has 0 saturated heterocycles. The molecule has 0 spiro atoms. The van der Waals surface area contributed by atoms with Crippen LogP contribution in [-0.2, 0) is 9.53 Å². The molecule has 3 N–H and O–H groups in total. The second kappa shape index (κ2) is 10.4. The number of carbonyl (C=O) groups excluding carboxylic acids is 2. The van der Waals surface area contributed by atoms with Gasteiger partial charge in [-0.2, -0.15) is 0 Å². The number of anilines is 1. The monoisotopic (exact) mass is 472 g/mol. The second-order valence-electron chi connectivity index (χ2n) is 8.76. The Morgan fingerprint density at radius 3 is 2.23 bits per heavy atom. The lowest BCUT2D eigenvalue weighted by Crippen LogP contribution is -2.27. The van der Waals surface area contributed by atoms with Crippen LogP contribution in [0.5, 0.6) is 0 Å². The van der Waals surface area contributed by atoms with Crippen LogP contribution in [0.15, 0.2) is 66.7 Å². The Kier molecular flexibility index (Phi) is 7.15. The fourth-order valence-electron chi connectivity index (χ4n) is 4.27. The van der Waals surface area contributed by atoms with Crippen molar-refractivity contribution in [1.29, 1.82) is 0 Å². The number of hydrogen-bond donors (Lipinski definition) is 3. The van der Waals surface area contributed by atoms with Crippen molar-refractivity contribution in [3.8, 4) is 11.1 Å². The number of nitrogens with one attached hydrogen (secondary N) is 2. The minimum Gasteiger partial charge on any atom is -0.481 e. The van der Waals surface area contributed by atoms with Crippen molar-refractivity contribution in [3.63, 3.8) is 0 Å². The molecule has 0 fully saturated rings. The van der Waals surface area contributed by atoms with Gasteiger partial charge in [-0.15, -0.1) is 0 Å². The smallest absolute Gasteiger partial charge is 0.411 e. The Balaban J connectivity index is 1.38. The number of benzene rings is 3. The van der Waals surface area contributed by atoms with Crippen LogP contribution in [0.25, 0.3) is 11.1 Å². The molecule has 1 aliphatic rings. The molecule has 0 heterocycles. The molecule has 1 aliphatic carbocycles. The maximum Gasteiger partial charge on any atom is 0.411 e. The van der Waals surface area contributed by atoms with Crippen LogP contribution in [-0.4, -0.2) is 36.2 Å². The van der Waals surface area contributed by atoms with Crippen LogP contribution in [0.1, 0.15) is 46.3 Å². The van der Waals surface area contributed by atoms with Crippen molar-refractivity contribution in [3.05, 3.63) is 89.0 Å². The summed E-state index contributed by atoms with van der Waals surface area (Å²) in [6, 6.07) is 21.3. The molecule has 7 heteroatoms. The molecule has 1 unspecified atom stereocenters. The minimum atomic E-state index is -0.899. The molecular formula is C28H28N2O5. The summed E-state index contributed by atoms with van der Waals surface area (Å²) in [5.41, 5.74) is 6.21. The van der Waals surface area contributed by atoms with Crippen LogP contribution in [0.2, 0.25) is 0 Å². The van der Waals surface area contributed by atoms with Crippen LogP contribution >= 0.6 is 0 Å². The summed E-state index contributed by atoms with van der Waals surface area (Å²) in [6.45, 7) is 3.86. The maximum absolute atomic E-state index is 12.6. The van der Waals surface area contributed by atoms with Crippen LogP contribution < -0.4 is 10.6 Å². The number of aliphatic carboxylic acids is 1. The van der Waals surface area contributed by atoms with E-state index >= 15 is 0 Å². The topological polar surface area (TPSA) is 105 Å². The predicted molar refractivity (Wildman–Crippen MR) is 134 cm³/mol. The Hall–Kier alpha value is -4.13. The minimum absolute atomic E-state index is 0.0421. The number of ether oxygens (including phenoxy) is 1. The van der Waals surface area contributed by atoms with E-state index in [1.54, 1.807) is 25.1 Å². The predicted octanol–water partition coefficient (Wildman–Crippen LogP) is 5.20. The Labute approximate surface area is 204 Å². The van der Waals surface area contributed by atoms with Crippen LogP contribution in [0.3, 0.4) is 0 Å². The fraction of sp³-hybridized carbons (Fsp3) is 0.250. The normalized spacial score (nSPS) is 12.9. The quantitative estimate of drug-likeness (QED) is 0.418. The Morgan fingerprint density at radius 2 is 1.60 bits per heavy atom. The lowest BCUT2D eigenvalue weighted by molar-refractivity contribution is -0.141. The number of carbonyl (C=O) groups is 3. The molecule has 4 rings (SSSR count). The zero-order valence-electron chi connectivity index (χ0n) is 19.7. The number of hydrogen-bond acceptors (Lipinski definition) is 4. The molecular weight excluding hydrogens is 444 g/mol. The Bertz CT molecular complexity index is 1220. The van der Waals surface area contributed by atoms with E-state index in [2.05, 4.69) is 34.9 Å². The molecule has 2 amide bonds. The van der Waals surface area contributed by atoms with Crippen molar-refractivity contribution < 1.29 is 24.2 Å². The van der Waals surface area contributed by atoms with E-state index in [1.807, 2.05) is 31.2 Å². The van der Waals surface area contributed by atoms with E-state index in [1.165, 1.54) is 0 Å². The van der Waals surface area contributed by atoms with Gasteiger partial charge in [0.2, 0.25) is 0 Å². The van der Waals surface area contributed by atoms with Gasteiger partial charge in [0.05, 0.1) is 5.92 Å². The first-order chi connectivity index (χ1) is 16.8. The van der Waals surface area contributed by atoms with E-state index in [-0.39, 0.29) is 25.0 Å². The van der Waals surface area contributed by atoms with Gasteiger partial charge >= 0.3 is 12.1 Å². The van der Waals surface area contributed by atoms with Crippen molar-refractivity contribution in [2.24, 2.45) is 5.92 Å². The first-order valence-corrected chi connectivity index (χ1v) is 11.6. The van der Waals surface area contributed by atoms with Gasteiger partial charge in [-0.1, -0.05) is 61.5 Å². The number of rotatable bonds is 8. The molecule has 0 aliphatic heterocycles. The van der Waals surface area contributed by atoms with Crippen molar-refractivity contribution in [2.45, 2.75) is 26.2 Å². The molecule has 3 aromatic rings. The van der Waals surface area contributed by atoms with E-state index in [0.29, 0.717) is 17.7 Å². The van der Waals surface area contributed by atoms with Gasteiger partial charge in [0.1, 0.15) is 6.61 Å². The third-order valence-electron chi connectivity index (χ3n) is 6.36. The highest BCUT2D eigenvalue weighted by molar-refractivity contribution is 5.96. The van der Waals surface area contributed by atoms with E-state index in [9.17, 15) is 14.4 Å². The lowest BCUT2D eigenvalue weighted by Gasteiger charge is -2.15. The van der Waals surface area contributed by atoms with Gasteiger partial charge in [-0.3, -0.25) is 14.9 Å². The average molecular weight is 473 g/mol. The molecule has 180 valence electrons. The molecule has 0 bridgehead atoms. The average Bonchev–Trinajstić information content (AvgIpc) is 3.17. The summed E-state index contributed by atoms with van der Waals surface area (Å²) in [4.78, 5) is 36.0. The SMILES string of the molecule is Cc1ccc(C(=O)NCCC(C)C(=O)O)cc1NC(=O)OCC1c2ccccc2-c2ccccc21. The van der Waals surface area contributed by atoms with Crippen molar-refractivity contribution in [2.75, 3.05) is 18.5 Å². The molecule has 7 nitrogen and oxygen atoms in total. The summed E-state index contributed by atoms with van der Waals surface area (Å²) in [5.74, 6) is -1.82. The third kappa shape index (κ3) is 5.35. The zero-order valence-corrected chi connectivity index (χ0v) is 19.7. The number of carboxylic acid groups (broad SMARTS) is 1. The first-order valence-electron chi connectivity index (χ1n) is 11.6. The number of fused-ring (bicyclic) bond motifs is 3. The van der Waals surface area contributed by atoms with Gasteiger partial charge < -0.3 is 15.2 Å². The lowest BCUT2D eigenvalue weighted by atomic mass is 9.98. The molecule has 1 atom stereocenters. The highest BCUT2D eigenvalue weighted by Gasteiger charge is 2.29. The third-order valence-corrected chi connectivity index (χ3v) is 6.36. The standard InChI is InChI=1S/C28H28N2O5/c1-17-11-12-19(26(31)29-14-13-18(2)27(32)33)15-25(17)30-28(34)35-16-24-22-9-5-3-7-20(22)21-8-4-6-10-23(21)24/h3-12,15,18,24H,13-14,16H2,1-2H3,(H,29,31)(H,30,34)(H,32,33). The van der Waals surface area contributed by atoms with Gasteiger partial charge in [0, 0.05) is 23.7 Å². The molecule has 0 radical (unpaired) electrons. The van der Waals surface area contributed by atoms with Crippen LogP contribution in [0.4, 0.5) is 10.5 Å². The van der Waals surface area contributed by atoms with E-state index in [4.69, 9.17) is 9.84 Å². The number of amides is 2. The van der Waals surface area contributed by atoms with Gasteiger partial charge in [-0.05, 0) is 53.3 Å². The summed E-state index contributed by atoms with van der Waals surface area (Å²) in [5, 5.41) is 14.4. The highest BCUT2D eigenvalue weighted by Crippen LogP contribution is 2.44. The van der Waals surface area contributed by atoms with Crippen molar-refractivity contribution in [1.82, 2.24) is 5.32 Å². The van der Waals surface area contributed by atoms with Crippen molar-refractivity contribution >= 4 is 23.7 Å². The summed E-state index contributed by atoms with van der Waals surface area (Å²) in [6.07, 6.45) is -0.263. The zero-order chi connectivity index (χ0) is 24.9. The first kappa shape index (κ1) is 24.0. The van der Waals surface area contributed by atoms with Gasteiger partial charge in [-0.25, -0.2) is 4.79 Å². The van der Waals surface area contributed by atoms with Gasteiger partial charge in [0.25, 0.3) is 5.91 Å². The highest BCUT2D eigenvalue weighted by atomic mass is 16.5. The summed E-state index contributed by atoms with van der Waals surface area (Å²) in [7, 11) is 0.